The fraction of sp³-hybridized carbons (Fsp3) is 0.786. The van der Waals surface area contributed by atoms with Crippen LogP contribution in [0.15, 0.2) is 12.3 Å². The predicted octanol–water partition coefficient (Wildman–Crippen LogP) is 1.94. The Kier molecular flexibility index (Phi) is 3.66. The Hall–Kier alpha value is -0.870. The maximum atomic E-state index is 10.1. The van der Waals surface area contributed by atoms with E-state index in [1.54, 1.807) is 0 Å². The van der Waals surface area contributed by atoms with E-state index in [-0.39, 0.29) is 6.10 Å². The van der Waals surface area contributed by atoms with Crippen molar-refractivity contribution in [2.45, 2.75) is 50.7 Å². The average Bonchev–Trinajstić information content (AvgIpc) is 3.12. The van der Waals surface area contributed by atoms with Crippen LogP contribution in [-0.2, 0) is 11.2 Å². The highest BCUT2D eigenvalue weighted by atomic mass is 16.5. The molecule has 0 spiro atoms. The number of aromatic nitrogens is 2. The summed E-state index contributed by atoms with van der Waals surface area (Å²) in [5, 5.41) is 14.8. The zero-order valence-corrected chi connectivity index (χ0v) is 10.8. The quantitative estimate of drug-likeness (QED) is 0.888. The SMILES string of the molecule is OC(Cc1ccn(C2CCCC2)n1)C1CCOC1. The fourth-order valence-electron chi connectivity index (χ4n) is 3.10. The lowest BCUT2D eigenvalue weighted by molar-refractivity contribution is 0.0909. The molecule has 1 aromatic heterocycles. The molecule has 1 saturated heterocycles. The topological polar surface area (TPSA) is 47.3 Å². The number of aliphatic hydroxyl groups is 1. The minimum Gasteiger partial charge on any atom is -0.392 e. The van der Waals surface area contributed by atoms with Crippen LogP contribution in [0.4, 0.5) is 0 Å². The van der Waals surface area contributed by atoms with E-state index in [0.717, 1.165) is 18.7 Å². The molecule has 2 unspecified atom stereocenters. The molecule has 2 fully saturated rings. The van der Waals surface area contributed by atoms with Crippen molar-refractivity contribution in [1.29, 1.82) is 0 Å². The van der Waals surface area contributed by atoms with Crippen molar-refractivity contribution in [3.63, 3.8) is 0 Å². The normalized spacial score (nSPS) is 26.8. The molecule has 1 aliphatic heterocycles. The Labute approximate surface area is 108 Å². The van der Waals surface area contributed by atoms with Crippen LogP contribution in [-0.4, -0.2) is 34.2 Å². The molecule has 4 nitrogen and oxygen atoms in total. The molecule has 2 atom stereocenters. The van der Waals surface area contributed by atoms with Gasteiger partial charge in [0.25, 0.3) is 0 Å². The van der Waals surface area contributed by atoms with Crippen molar-refractivity contribution in [2.75, 3.05) is 13.2 Å². The Balaban J connectivity index is 1.58. The number of aliphatic hydroxyl groups excluding tert-OH is 1. The van der Waals surface area contributed by atoms with E-state index < -0.39 is 0 Å². The van der Waals surface area contributed by atoms with Crippen LogP contribution >= 0.6 is 0 Å². The van der Waals surface area contributed by atoms with Crippen molar-refractivity contribution in [3.8, 4) is 0 Å². The highest BCUT2D eigenvalue weighted by Gasteiger charge is 2.25. The number of hydrogen-bond acceptors (Lipinski definition) is 3. The molecule has 1 aliphatic carbocycles. The zero-order chi connectivity index (χ0) is 12.4. The van der Waals surface area contributed by atoms with Crippen molar-refractivity contribution in [2.24, 2.45) is 5.92 Å². The lowest BCUT2D eigenvalue weighted by Gasteiger charge is -2.15. The number of nitrogens with zero attached hydrogens (tertiary/aromatic N) is 2. The van der Waals surface area contributed by atoms with Crippen LogP contribution in [0.2, 0.25) is 0 Å². The van der Waals surface area contributed by atoms with Gasteiger partial charge in [-0.15, -0.1) is 0 Å². The first kappa shape index (κ1) is 12.2. The minimum absolute atomic E-state index is 0.293. The van der Waals surface area contributed by atoms with E-state index in [9.17, 15) is 5.11 Å². The van der Waals surface area contributed by atoms with Gasteiger partial charge >= 0.3 is 0 Å². The van der Waals surface area contributed by atoms with E-state index in [1.165, 1.54) is 25.7 Å². The summed E-state index contributed by atoms with van der Waals surface area (Å²) in [4.78, 5) is 0. The largest absolute Gasteiger partial charge is 0.392 e. The van der Waals surface area contributed by atoms with E-state index in [0.29, 0.717) is 25.0 Å². The molecule has 3 rings (SSSR count). The van der Waals surface area contributed by atoms with Gasteiger partial charge in [-0.3, -0.25) is 4.68 Å². The monoisotopic (exact) mass is 250 g/mol. The highest BCUT2D eigenvalue weighted by Crippen LogP contribution is 2.29. The first-order valence-electron chi connectivity index (χ1n) is 7.13. The summed E-state index contributed by atoms with van der Waals surface area (Å²) in [6.07, 6.45) is 8.55. The molecule has 0 amide bonds. The summed E-state index contributed by atoms with van der Waals surface area (Å²) in [5.74, 6) is 0.293. The van der Waals surface area contributed by atoms with E-state index >= 15 is 0 Å². The summed E-state index contributed by atoms with van der Waals surface area (Å²) < 4.78 is 7.41. The van der Waals surface area contributed by atoms with Gasteiger partial charge in [-0.25, -0.2) is 0 Å². The summed E-state index contributed by atoms with van der Waals surface area (Å²) >= 11 is 0. The van der Waals surface area contributed by atoms with Crippen LogP contribution in [0.1, 0.15) is 43.8 Å². The maximum absolute atomic E-state index is 10.1. The van der Waals surface area contributed by atoms with Crippen molar-refractivity contribution in [1.82, 2.24) is 9.78 Å². The van der Waals surface area contributed by atoms with Gasteiger partial charge in [-0.2, -0.15) is 5.10 Å². The lowest BCUT2D eigenvalue weighted by atomic mass is 9.98. The summed E-state index contributed by atoms with van der Waals surface area (Å²) in [7, 11) is 0. The van der Waals surface area contributed by atoms with E-state index in [2.05, 4.69) is 22.0 Å². The molecule has 0 aromatic carbocycles. The molecule has 1 N–H and O–H groups in total. The summed E-state index contributed by atoms with van der Waals surface area (Å²) in [5.41, 5.74) is 1.02. The molecule has 18 heavy (non-hydrogen) atoms. The highest BCUT2D eigenvalue weighted by molar-refractivity contribution is 5.02. The third kappa shape index (κ3) is 2.59. The second kappa shape index (κ2) is 5.41. The molecule has 0 bridgehead atoms. The molecule has 1 aromatic rings. The van der Waals surface area contributed by atoms with Gasteiger partial charge in [0.05, 0.1) is 24.4 Å². The second-order valence-electron chi connectivity index (χ2n) is 5.62. The van der Waals surface area contributed by atoms with Crippen LogP contribution in [0.3, 0.4) is 0 Å². The lowest BCUT2D eigenvalue weighted by Crippen LogP contribution is -2.23. The Morgan fingerprint density at radius 3 is 2.94 bits per heavy atom. The van der Waals surface area contributed by atoms with Crippen LogP contribution in [0.5, 0.6) is 0 Å². The first-order valence-corrected chi connectivity index (χ1v) is 7.13. The summed E-state index contributed by atoms with van der Waals surface area (Å²) in [6.45, 7) is 1.49. The smallest absolute Gasteiger partial charge is 0.0650 e. The molecular weight excluding hydrogens is 228 g/mol. The van der Waals surface area contributed by atoms with Gasteiger partial charge in [0.2, 0.25) is 0 Å². The zero-order valence-electron chi connectivity index (χ0n) is 10.8. The van der Waals surface area contributed by atoms with E-state index in [1.807, 2.05) is 0 Å². The van der Waals surface area contributed by atoms with Crippen molar-refractivity contribution in [3.05, 3.63) is 18.0 Å². The van der Waals surface area contributed by atoms with Gasteiger partial charge < -0.3 is 9.84 Å². The van der Waals surface area contributed by atoms with Crippen LogP contribution in [0, 0.1) is 5.92 Å². The molecule has 0 radical (unpaired) electrons. The molecule has 100 valence electrons. The standard InChI is InChI=1S/C14H22N2O2/c17-14(11-6-8-18-10-11)9-12-5-7-16(15-12)13-3-1-2-4-13/h5,7,11,13-14,17H,1-4,6,8-10H2. The van der Waals surface area contributed by atoms with Gasteiger partial charge in [-0.1, -0.05) is 12.8 Å². The van der Waals surface area contributed by atoms with Gasteiger partial charge in [0, 0.05) is 25.1 Å². The van der Waals surface area contributed by atoms with Gasteiger partial charge in [-0.05, 0) is 25.3 Å². The summed E-state index contributed by atoms with van der Waals surface area (Å²) in [6, 6.07) is 2.64. The third-order valence-electron chi connectivity index (χ3n) is 4.29. The van der Waals surface area contributed by atoms with Gasteiger partial charge in [0.1, 0.15) is 0 Å². The number of hydrogen-bond donors (Lipinski definition) is 1. The first-order chi connectivity index (χ1) is 8.83. The van der Waals surface area contributed by atoms with Crippen molar-refractivity contribution >= 4 is 0 Å². The maximum Gasteiger partial charge on any atom is 0.0650 e. The van der Waals surface area contributed by atoms with Gasteiger partial charge in [0.15, 0.2) is 0 Å². The molecule has 2 heterocycles. The number of rotatable bonds is 4. The minimum atomic E-state index is -0.306. The second-order valence-corrected chi connectivity index (χ2v) is 5.62. The third-order valence-corrected chi connectivity index (χ3v) is 4.29. The Morgan fingerprint density at radius 1 is 1.39 bits per heavy atom. The Morgan fingerprint density at radius 2 is 2.22 bits per heavy atom. The average molecular weight is 250 g/mol. The molecule has 2 aliphatic rings. The van der Waals surface area contributed by atoms with Crippen LogP contribution < -0.4 is 0 Å². The van der Waals surface area contributed by atoms with Crippen molar-refractivity contribution < 1.29 is 9.84 Å². The number of ether oxygens (including phenoxy) is 1. The molecule has 1 saturated carbocycles. The molecular formula is C14H22N2O2. The van der Waals surface area contributed by atoms with E-state index in [4.69, 9.17) is 4.74 Å². The predicted molar refractivity (Wildman–Crippen MR) is 68.4 cm³/mol. The molecule has 4 heteroatoms. The van der Waals surface area contributed by atoms with Crippen LogP contribution in [0.25, 0.3) is 0 Å². The Bertz CT molecular complexity index is 379. The fourth-order valence-corrected chi connectivity index (χ4v) is 3.10.